The fourth-order valence-corrected chi connectivity index (χ4v) is 4.01. The van der Waals surface area contributed by atoms with E-state index in [0.29, 0.717) is 49.2 Å². The minimum absolute atomic E-state index is 0.0998. The number of phenols is 1. The van der Waals surface area contributed by atoms with Gasteiger partial charge in [0, 0.05) is 23.2 Å². The molecule has 1 heterocycles. The maximum atomic E-state index is 13.1. The van der Waals surface area contributed by atoms with Crippen LogP contribution in [0.25, 0.3) is 22.4 Å². The van der Waals surface area contributed by atoms with Crippen LogP contribution in [0.1, 0.15) is 33.6 Å². The summed E-state index contributed by atoms with van der Waals surface area (Å²) < 4.78 is 72.6. The second kappa shape index (κ2) is 10.7. The van der Waals surface area contributed by atoms with Crippen molar-refractivity contribution in [2.75, 3.05) is 6.54 Å². The highest BCUT2D eigenvalue weighted by atomic mass is 19.4. The van der Waals surface area contributed by atoms with E-state index in [-0.39, 0.29) is 22.6 Å². The Kier molecular flexibility index (Phi) is 8.05. The van der Waals surface area contributed by atoms with E-state index in [0.717, 1.165) is 17.7 Å². The van der Waals surface area contributed by atoms with Gasteiger partial charge in [-0.1, -0.05) is 12.1 Å². The molecule has 0 aliphatic heterocycles. The Hall–Kier alpha value is -4.07. The summed E-state index contributed by atoms with van der Waals surface area (Å²) in [6.45, 7) is 0.729. The number of aromatic carboxylic acids is 1. The summed E-state index contributed by atoms with van der Waals surface area (Å²) >= 11 is 0. The molecule has 1 aliphatic carbocycles. The lowest BCUT2D eigenvalue weighted by molar-refractivity contribution is -0.192. The number of aromatic nitrogens is 2. The molecule has 5 N–H and O–H groups in total. The van der Waals surface area contributed by atoms with Crippen LogP contribution < -0.4 is 5.73 Å². The zero-order valence-corrected chi connectivity index (χ0v) is 19.4. The second-order valence-electron chi connectivity index (χ2n) is 8.25. The summed E-state index contributed by atoms with van der Waals surface area (Å²) in [5.41, 5.74) is 7.70. The van der Waals surface area contributed by atoms with E-state index in [4.69, 9.17) is 15.6 Å². The molecule has 0 bridgehead atoms. The first-order valence-corrected chi connectivity index (χ1v) is 11.0. The number of hydrogen-bond donors (Lipinski definition) is 4. The largest absolute Gasteiger partial charge is 0.507 e. The molecule has 8 nitrogen and oxygen atoms in total. The molecule has 0 atom stereocenters. The van der Waals surface area contributed by atoms with Gasteiger partial charge in [-0.15, -0.1) is 0 Å². The number of hydrogen-bond acceptors (Lipinski definition) is 5. The molecule has 3 aromatic rings. The van der Waals surface area contributed by atoms with Crippen LogP contribution in [-0.2, 0) is 30.4 Å². The van der Waals surface area contributed by atoms with E-state index in [9.17, 15) is 41.4 Å². The molecule has 0 unspecified atom stereocenters. The zero-order valence-electron chi connectivity index (χ0n) is 19.4. The molecule has 1 aromatic heterocycles. The average Bonchev–Trinajstić information content (AvgIpc) is 3.20. The molecule has 2 aromatic carbocycles. The van der Waals surface area contributed by atoms with Crippen molar-refractivity contribution < 1.29 is 51.3 Å². The van der Waals surface area contributed by atoms with Gasteiger partial charge in [0.1, 0.15) is 11.4 Å². The highest BCUT2D eigenvalue weighted by molar-refractivity contribution is 5.91. The SMILES string of the molecule is NCCCn1nc2c(c1C(=O)O)CCc1cc(O)c(-c3cccc(C(F)(F)F)c3)cc1-2.O=C(O)C(F)(F)F. The Morgan fingerprint density at radius 3 is 2.21 bits per heavy atom. The third-order valence-electron chi connectivity index (χ3n) is 5.69. The summed E-state index contributed by atoms with van der Waals surface area (Å²) in [5.74, 6) is -3.99. The fourth-order valence-electron chi connectivity index (χ4n) is 4.01. The van der Waals surface area contributed by atoms with Crippen LogP contribution in [0.3, 0.4) is 0 Å². The highest BCUT2D eigenvalue weighted by Crippen LogP contribution is 2.42. The van der Waals surface area contributed by atoms with E-state index in [1.165, 1.54) is 22.9 Å². The minimum atomic E-state index is -5.08. The number of aliphatic carboxylic acids is 1. The van der Waals surface area contributed by atoms with Crippen molar-refractivity contribution in [3.63, 3.8) is 0 Å². The Labute approximate surface area is 210 Å². The first-order valence-electron chi connectivity index (χ1n) is 11.0. The Bertz CT molecular complexity index is 1360. The number of carbonyl (C=O) groups is 2. The second-order valence-corrected chi connectivity index (χ2v) is 8.25. The predicted octanol–water partition coefficient (Wildman–Crippen LogP) is 4.72. The van der Waals surface area contributed by atoms with Gasteiger partial charge in [-0.25, -0.2) is 9.59 Å². The topological polar surface area (TPSA) is 139 Å². The van der Waals surface area contributed by atoms with Gasteiger partial charge in [-0.05, 0) is 61.2 Å². The van der Waals surface area contributed by atoms with Crippen molar-refractivity contribution in [3.05, 3.63) is 58.8 Å². The molecule has 0 saturated carbocycles. The first kappa shape index (κ1) is 28.5. The number of phenolic OH excluding ortho intramolecular Hbond substituents is 1. The number of carboxylic acid groups (broad SMARTS) is 2. The molecular weight excluding hydrogens is 524 g/mol. The van der Waals surface area contributed by atoms with Crippen LogP contribution in [-0.4, -0.2) is 49.8 Å². The normalized spacial score (nSPS) is 12.7. The van der Waals surface area contributed by atoms with Crippen molar-refractivity contribution in [3.8, 4) is 28.1 Å². The number of nitrogens with two attached hydrogens (primary N) is 1. The highest BCUT2D eigenvalue weighted by Gasteiger charge is 2.38. The molecule has 14 heteroatoms. The van der Waals surface area contributed by atoms with Crippen LogP contribution in [0.2, 0.25) is 0 Å². The Balaban J connectivity index is 0.000000505. The fraction of sp³-hybridized carbons (Fsp3) is 0.292. The van der Waals surface area contributed by atoms with Crippen molar-refractivity contribution >= 4 is 11.9 Å². The number of carboxylic acids is 2. The number of alkyl halides is 6. The van der Waals surface area contributed by atoms with Crippen LogP contribution in [0.4, 0.5) is 26.3 Å². The predicted molar refractivity (Wildman–Crippen MR) is 121 cm³/mol. The molecule has 1 aliphatic rings. The maximum Gasteiger partial charge on any atom is 0.490 e. The first-order chi connectivity index (χ1) is 17.6. The number of rotatable bonds is 5. The number of aromatic hydroxyl groups is 1. The summed E-state index contributed by atoms with van der Waals surface area (Å²) in [7, 11) is 0. The van der Waals surface area contributed by atoms with E-state index in [1.54, 1.807) is 6.07 Å². The van der Waals surface area contributed by atoms with Gasteiger partial charge in [0.15, 0.2) is 0 Å². The third kappa shape index (κ3) is 6.07. The maximum absolute atomic E-state index is 13.1. The van der Waals surface area contributed by atoms with Gasteiger partial charge in [-0.3, -0.25) is 4.68 Å². The van der Waals surface area contributed by atoms with Gasteiger partial charge in [0.05, 0.1) is 11.3 Å². The molecule has 0 saturated heterocycles. The number of nitrogens with zero attached hydrogens (tertiary/aromatic N) is 2. The molecular formula is C24H21F6N3O5. The van der Waals surface area contributed by atoms with Crippen molar-refractivity contribution in [2.24, 2.45) is 5.73 Å². The monoisotopic (exact) mass is 545 g/mol. The van der Waals surface area contributed by atoms with Crippen LogP contribution in [0.5, 0.6) is 5.75 Å². The van der Waals surface area contributed by atoms with E-state index >= 15 is 0 Å². The molecule has 204 valence electrons. The van der Waals surface area contributed by atoms with E-state index in [2.05, 4.69) is 5.10 Å². The van der Waals surface area contributed by atoms with Crippen LogP contribution in [0.15, 0.2) is 36.4 Å². The molecule has 0 spiro atoms. The van der Waals surface area contributed by atoms with Crippen LogP contribution >= 0.6 is 0 Å². The molecule has 0 amide bonds. The zero-order chi connectivity index (χ0) is 28.4. The number of fused-ring (bicyclic) bond motifs is 3. The number of benzene rings is 2. The lowest BCUT2D eigenvalue weighted by Crippen LogP contribution is -2.21. The van der Waals surface area contributed by atoms with Crippen LogP contribution in [0, 0.1) is 0 Å². The lowest BCUT2D eigenvalue weighted by atomic mass is 9.86. The van der Waals surface area contributed by atoms with Crippen molar-refractivity contribution in [1.29, 1.82) is 0 Å². The average molecular weight is 545 g/mol. The summed E-state index contributed by atoms with van der Waals surface area (Å²) in [6.07, 6.45) is -8.11. The van der Waals surface area contributed by atoms with Gasteiger partial charge in [-0.2, -0.15) is 31.4 Å². The van der Waals surface area contributed by atoms with Gasteiger partial charge < -0.3 is 21.1 Å². The number of halogens is 6. The Morgan fingerprint density at radius 2 is 1.66 bits per heavy atom. The van der Waals surface area contributed by atoms with E-state index in [1.807, 2.05) is 0 Å². The number of aryl methyl sites for hydroxylation is 2. The van der Waals surface area contributed by atoms with Gasteiger partial charge >= 0.3 is 24.3 Å². The smallest absolute Gasteiger partial charge is 0.490 e. The van der Waals surface area contributed by atoms with Gasteiger partial charge in [0.2, 0.25) is 0 Å². The summed E-state index contributed by atoms with van der Waals surface area (Å²) in [5, 5.41) is 31.8. The third-order valence-corrected chi connectivity index (χ3v) is 5.69. The Morgan fingerprint density at radius 1 is 1.00 bits per heavy atom. The summed E-state index contributed by atoms with van der Waals surface area (Å²) in [6, 6.07) is 7.83. The summed E-state index contributed by atoms with van der Waals surface area (Å²) in [4.78, 5) is 20.8. The van der Waals surface area contributed by atoms with Crippen molar-refractivity contribution in [1.82, 2.24) is 9.78 Å². The molecule has 4 rings (SSSR count). The quantitative estimate of drug-likeness (QED) is 0.340. The molecule has 38 heavy (non-hydrogen) atoms. The van der Waals surface area contributed by atoms with Crippen molar-refractivity contribution in [2.45, 2.75) is 38.2 Å². The minimum Gasteiger partial charge on any atom is -0.507 e. The molecule has 0 radical (unpaired) electrons. The molecule has 0 fully saturated rings. The standard InChI is InChI=1S/C22H20F3N3O3.C2HF3O2/c23-22(24,25)14-4-1-3-12(9-14)16-11-17-13(10-18(16)29)5-6-15-19(17)27-28(8-2-7-26)20(15)21(30)31;3-2(4,5)1(6)7/h1,3-4,9-11,29H,2,5-8,26H2,(H,30,31);(H,6,7). The van der Waals surface area contributed by atoms with E-state index < -0.39 is 29.9 Å². The van der Waals surface area contributed by atoms with Gasteiger partial charge in [0.25, 0.3) is 0 Å². The lowest BCUT2D eigenvalue weighted by Gasteiger charge is -2.18.